The highest BCUT2D eigenvalue weighted by Crippen LogP contribution is 2.32. The highest BCUT2D eigenvalue weighted by molar-refractivity contribution is 5.31. The van der Waals surface area contributed by atoms with Gasteiger partial charge in [0.2, 0.25) is 5.95 Å². The predicted octanol–water partition coefficient (Wildman–Crippen LogP) is 1.24. The van der Waals surface area contributed by atoms with E-state index in [-0.39, 0.29) is 0 Å². The van der Waals surface area contributed by atoms with Crippen molar-refractivity contribution in [1.29, 1.82) is 0 Å². The molecule has 1 aliphatic heterocycles. The molecule has 5 heteroatoms. The number of aryl methyl sites for hydroxylation is 1. The van der Waals surface area contributed by atoms with Crippen LogP contribution < -0.4 is 11.5 Å². The predicted molar refractivity (Wildman–Crippen MR) is 69.8 cm³/mol. The fourth-order valence-corrected chi connectivity index (χ4v) is 2.57. The third kappa shape index (κ3) is 1.86. The summed E-state index contributed by atoms with van der Waals surface area (Å²) in [6.07, 6.45) is 2.21. The second-order valence-corrected chi connectivity index (χ2v) is 4.69. The Morgan fingerprint density at radius 3 is 2.78 bits per heavy atom. The molecule has 0 bridgehead atoms. The summed E-state index contributed by atoms with van der Waals surface area (Å²) < 4.78 is 1.93. The maximum atomic E-state index is 5.68. The SMILES string of the molecule is NCc1ccc(C2CCCn3nc(N)nc32)cc1. The van der Waals surface area contributed by atoms with E-state index in [4.69, 9.17) is 11.5 Å². The summed E-state index contributed by atoms with van der Waals surface area (Å²) in [7, 11) is 0. The van der Waals surface area contributed by atoms with Crippen molar-refractivity contribution in [2.45, 2.75) is 31.8 Å². The van der Waals surface area contributed by atoms with Crippen molar-refractivity contribution in [2.24, 2.45) is 5.73 Å². The van der Waals surface area contributed by atoms with Crippen LogP contribution in [0.5, 0.6) is 0 Å². The molecule has 0 amide bonds. The molecule has 1 aliphatic rings. The molecule has 1 atom stereocenters. The summed E-state index contributed by atoms with van der Waals surface area (Å²) in [5.41, 5.74) is 13.7. The van der Waals surface area contributed by atoms with Crippen LogP contribution in [0.2, 0.25) is 0 Å². The van der Waals surface area contributed by atoms with Crippen LogP contribution in [0.15, 0.2) is 24.3 Å². The van der Waals surface area contributed by atoms with E-state index in [9.17, 15) is 0 Å². The van der Waals surface area contributed by atoms with Gasteiger partial charge in [-0.3, -0.25) is 0 Å². The minimum absolute atomic E-state index is 0.301. The van der Waals surface area contributed by atoms with Gasteiger partial charge in [-0.25, -0.2) is 4.68 Å². The molecular formula is C13H17N5. The summed E-state index contributed by atoms with van der Waals surface area (Å²) in [6, 6.07) is 8.42. The highest BCUT2D eigenvalue weighted by Gasteiger charge is 2.25. The zero-order valence-electron chi connectivity index (χ0n) is 10.2. The van der Waals surface area contributed by atoms with E-state index in [1.54, 1.807) is 0 Å². The molecule has 2 aromatic rings. The Labute approximate surface area is 106 Å². The summed E-state index contributed by atoms with van der Waals surface area (Å²) in [5, 5.41) is 4.22. The Balaban J connectivity index is 1.97. The maximum absolute atomic E-state index is 5.68. The van der Waals surface area contributed by atoms with Crippen molar-refractivity contribution in [3.63, 3.8) is 0 Å². The third-order valence-electron chi connectivity index (χ3n) is 3.51. The summed E-state index contributed by atoms with van der Waals surface area (Å²) in [5.74, 6) is 1.66. The lowest BCUT2D eigenvalue weighted by molar-refractivity contribution is 0.446. The van der Waals surface area contributed by atoms with Crippen LogP contribution >= 0.6 is 0 Å². The van der Waals surface area contributed by atoms with Crippen molar-refractivity contribution >= 4 is 5.95 Å². The van der Waals surface area contributed by atoms with Crippen LogP contribution in [-0.2, 0) is 13.1 Å². The number of rotatable bonds is 2. The van der Waals surface area contributed by atoms with Crippen LogP contribution in [0, 0.1) is 0 Å². The molecule has 1 aromatic carbocycles. The smallest absolute Gasteiger partial charge is 0.239 e. The van der Waals surface area contributed by atoms with Crippen molar-refractivity contribution in [2.75, 3.05) is 5.73 Å². The molecule has 2 heterocycles. The number of nitrogen functional groups attached to an aromatic ring is 1. The number of anilines is 1. The van der Waals surface area contributed by atoms with Gasteiger partial charge in [0.25, 0.3) is 0 Å². The van der Waals surface area contributed by atoms with E-state index in [0.717, 1.165) is 30.8 Å². The van der Waals surface area contributed by atoms with Gasteiger partial charge < -0.3 is 11.5 Å². The third-order valence-corrected chi connectivity index (χ3v) is 3.51. The lowest BCUT2D eigenvalue weighted by Crippen LogP contribution is -2.18. The first-order valence-electron chi connectivity index (χ1n) is 6.27. The first kappa shape index (κ1) is 11.2. The van der Waals surface area contributed by atoms with E-state index in [0.29, 0.717) is 18.4 Å². The molecule has 0 spiro atoms. The first-order chi connectivity index (χ1) is 8.78. The molecule has 0 saturated heterocycles. The second kappa shape index (κ2) is 4.42. The van der Waals surface area contributed by atoms with Gasteiger partial charge in [0, 0.05) is 19.0 Å². The van der Waals surface area contributed by atoms with Gasteiger partial charge in [0.05, 0.1) is 0 Å². The number of nitrogens with two attached hydrogens (primary N) is 2. The van der Waals surface area contributed by atoms with Gasteiger partial charge in [-0.2, -0.15) is 4.98 Å². The number of hydrogen-bond donors (Lipinski definition) is 2. The van der Waals surface area contributed by atoms with E-state index in [1.165, 1.54) is 5.56 Å². The zero-order valence-corrected chi connectivity index (χ0v) is 10.2. The van der Waals surface area contributed by atoms with Crippen molar-refractivity contribution in [1.82, 2.24) is 14.8 Å². The molecule has 0 fully saturated rings. The van der Waals surface area contributed by atoms with Gasteiger partial charge in [-0.05, 0) is 24.0 Å². The minimum Gasteiger partial charge on any atom is -0.366 e. The highest BCUT2D eigenvalue weighted by atomic mass is 15.4. The Bertz CT molecular complexity index is 543. The van der Waals surface area contributed by atoms with Crippen LogP contribution in [0.1, 0.15) is 35.7 Å². The van der Waals surface area contributed by atoms with E-state index in [2.05, 4.69) is 34.3 Å². The minimum atomic E-state index is 0.301. The molecule has 18 heavy (non-hydrogen) atoms. The van der Waals surface area contributed by atoms with Crippen molar-refractivity contribution in [3.05, 3.63) is 41.2 Å². The number of aromatic nitrogens is 3. The van der Waals surface area contributed by atoms with Gasteiger partial charge >= 0.3 is 0 Å². The Kier molecular flexibility index (Phi) is 2.76. The quantitative estimate of drug-likeness (QED) is 0.831. The molecule has 5 nitrogen and oxygen atoms in total. The molecule has 1 unspecified atom stereocenters. The molecular weight excluding hydrogens is 226 g/mol. The van der Waals surface area contributed by atoms with Gasteiger partial charge in [0.15, 0.2) is 0 Å². The fraction of sp³-hybridized carbons (Fsp3) is 0.385. The number of nitrogens with zero attached hydrogens (tertiary/aromatic N) is 3. The van der Waals surface area contributed by atoms with Gasteiger partial charge in [-0.15, -0.1) is 5.10 Å². The average Bonchev–Trinajstić information content (AvgIpc) is 2.79. The second-order valence-electron chi connectivity index (χ2n) is 4.69. The average molecular weight is 243 g/mol. The van der Waals surface area contributed by atoms with Crippen molar-refractivity contribution in [3.8, 4) is 0 Å². The van der Waals surface area contributed by atoms with Gasteiger partial charge in [-0.1, -0.05) is 24.3 Å². The summed E-state index contributed by atoms with van der Waals surface area (Å²) >= 11 is 0. The number of fused-ring (bicyclic) bond motifs is 1. The number of benzene rings is 1. The van der Waals surface area contributed by atoms with E-state index in [1.807, 2.05) is 4.68 Å². The Morgan fingerprint density at radius 2 is 2.06 bits per heavy atom. The lowest BCUT2D eigenvalue weighted by Gasteiger charge is -2.22. The molecule has 1 aromatic heterocycles. The van der Waals surface area contributed by atoms with Crippen LogP contribution in [0.3, 0.4) is 0 Å². The first-order valence-corrected chi connectivity index (χ1v) is 6.27. The number of hydrogen-bond acceptors (Lipinski definition) is 4. The van der Waals surface area contributed by atoms with Crippen LogP contribution in [0.25, 0.3) is 0 Å². The Hall–Kier alpha value is -1.88. The lowest BCUT2D eigenvalue weighted by atomic mass is 9.91. The molecule has 0 aliphatic carbocycles. The van der Waals surface area contributed by atoms with Crippen molar-refractivity contribution < 1.29 is 0 Å². The summed E-state index contributed by atoms with van der Waals surface area (Å²) in [4.78, 5) is 4.36. The topological polar surface area (TPSA) is 82.8 Å². The van der Waals surface area contributed by atoms with Crippen LogP contribution in [0.4, 0.5) is 5.95 Å². The standard InChI is InChI=1S/C13H17N5/c14-8-9-3-5-10(6-4-9)11-2-1-7-18-12(11)16-13(15)17-18/h3-6,11H,1-2,7-8,14H2,(H2,15,17). The van der Waals surface area contributed by atoms with Crippen LogP contribution in [-0.4, -0.2) is 14.8 Å². The zero-order chi connectivity index (χ0) is 12.5. The maximum Gasteiger partial charge on any atom is 0.239 e. The molecule has 94 valence electrons. The molecule has 4 N–H and O–H groups in total. The van der Waals surface area contributed by atoms with Gasteiger partial charge in [0.1, 0.15) is 5.82 Å². The monoisotopic (exact) mass is 243 g/mol. The van der Waals surface area contributed by atoms with E-state index < -0.39 is 0 Å². The molecule has 0 radical (unpaired) electrons. The Morgan fingerprint density at radius 1 is 1.28 bits per heavy atom. The molecule has 3 rings (SSSR count). The normalized spacial score (nSPS) is 18.6. The summed E-state index contributed by atoms with van der Waals surface area (Å²) in [6.45, 7) is 1.49. The molecule has 0 saturated carbocycles. The van der Waals surface area contributed by atoms with E-state index >= 15 is 0 Å². The largest absolute Gasteiger partial charge is 0.366 e. The fourth-order valence-electron chi connectivity index (χ4n) is 2.57.